The first-order chi connectivity index (χ1) is 14.2. The molecule has 0 unspecified atom stereocenters. The Balaban J connectivity index is 1.37. The van der Waals surface area contributed by atoms with Crippen molar-refractivity contribution in [3.05, 3.63) is 65.9 Å². The van der Waals surface area contributed by atoms with E-state index >= 15 is 0 Å². The number of nitrogens with zero attached hydrogens (tertiary/aromatic N) is 2. The number of hydrogen-bond donors (Lipinski definition) is 1. The van der Waals surface area contributed by atoms with Gasteiger partial charge in [-0.05, 0) is 49.1 Å². The fourth-order valence-electron chi connectivity index (χ4n) is 4.47. The molecule has 1 aliphatic carbocycles. The standard InChI is InChI=1S/C24H23N3O2/c28-23(21-12-10-16-5-3-4-8-20(16)26-21)25-19-11-9-17-13-14-27(22(17)15-19)24(29)18-6-1-2-7-18/h3-5,8-12,15,18H,1-2,6-7,13-14H2,(H,25,28). The summed E-state index contributed by atoms with van der Waals surface area (Å²) in [6, 6.07) is 17.2. The van der Waals surface area contributed by atoms with E-state index in [1.807, 2.05) is 53.4 Å². The second kappa shape index (κ2) is 7.32. The number of carbonyl (C=O) groups is 2. The zero-order chi connectivity index (χ0) is 19.8. The summed E-state index contributed by atoms with van der Waals surface area (Å²) >= 11 is 0. The molecule has 0 spiro atoms. The number of benzene rings is 2. The molecule has 1 aliphatic heterocycles. The first-order valence-electron chi connectivity index (χ1n) is 10.3. The summed E-state index contributed by atoms with van der Waals surface area (Å²) in [6.45, 7) is 0.730. The van der Waals surface area contributed by atoms with E-state index < -0.39 is 0 Å². The molecule has 3 aromatic rings. The summed E-state index contributed by atoms with van der Waals surface area (Å²) < 4.78 is 0. The molecule has 2 aliphatic rings. The minimum Gasteiger partial charge on any atom is -0.321 e. The molecule has 1 fully saturated rings. The van der Waals surface area contributed by atoms with Crippen molar-refractivity contribution in [2.75, 3.05) is 16.8 Å². The highest BCUT2D eigenvalue weighted by atomic mass is 16.2. The second-order valence-electron chi connectivity index (χ2n) is 7.91. The molecule has 5 rings (SSSR count). The molecule has 29 heavy (non-hydrogen) atoms. The van der Waals surface area contributed by atoms with Gasteiger partial charge in [0.15, 0.2) is 0 Å². The number of hydrogen-bond acceptors (Lipinski definition) is 3. The Morgan fingerprint density at radius 3 is 2.69 bits per heavy atom. The van der Waals surface area contributed by atoms with Gasteiger partial charge in [0.2, 0.25) is 5.91 Å². The van der Waals surface area contributed by atoms with E-state index in [1.165, 1.54) is 0 Å². The van der Waals surface area contributed by atoms with Crippen molar-refractivity contribution in [1.82, 2.24) is 4.98 Å². The van der Waals surface area contributed by atoms with E-state index in [-0.39, 0.29) is 17.7 Å². The highest BCUT2D eigenvalue weighted by Crippen LogP contribution is 2.35. The van der Waals surface area contributed by atoms with E-state index in [9.17, 15) is 9.59 Å². The van der Waals surface area contributed by atoms with Gasteiger partial charge in [0, 0.05) is 29.2 Å². The van der Waals surface area contributed by atoms with Crippen LogP contribution in [0.4, 0.5) is 11.4 Å². The summed E-state index contributed by atoms with van der Waals surface area (Å²) in [6.07, 6.45) is 5.15. The first kappa shape index (κ1) is 17.9. The van der Waals surface area contributed by atoms with E-state index in [0.29, 0.717) is 11.4 Å². The van der Waals surface area contributed by atoms with Gasteiger partial charge in [-0.25, -0.2) is 4.98 Å². The molecular weight excluding hydrogens is 362 g/mol. The predicted octanol–water partition coefficient (Wildman–Crippen LogP) is 4.57. The molecule has 2 aromatic carbocycles. The summed E-state index contributed by atoms with van der Waals surface area (Å²) in [4.78, 5) is 32.0. The summed E-state index contributed by atoms with van der Waals surface area (Å²) in [5, 5.41) is 3.94. The van der Waals surface area contributed by atoms with Crippen LogP contribution in [0.25, 0.3) is 10.9 Å². The molecule has 1 saturated carbocycles. The number of amides is 2. The second-order valence-corrected chi connectivity index (χ2v) is 7.91. The molecule has 2 heterocycles. The van der Waals surface area contributed by atoms with Crippen LogP contribution in [-0.4, -0.2) is 23.3 Å². The lowest BCUT2D eigenvalue weighted by Crippen LogP contribution is -2.33. The van der Waals surface area contributed by atoms with E-state index in [0.717, 1.165) is 60.8 Å². The molecule has 1 N–H and O–H groups in total. The quantitative estimate of drug-likeness (QED) is 0.719. The average Bonchev–Trinajstić information content (AvgIpc) is 3.43. The Kier molecular flexibility index (Phi) is 4.51. The van der Waals surface area contributed by atoms with Gasteiger partial charge in [0.25, 0.3) is 5.91 Å². The minimum absolute atomic E-state index is 0.154. The summed E-state index contributed by atoms with van der Waals surface area (Å²) in [5.74, 6) is 0.143. The average molecular weight is 385 g/mol. The predicted molar refractivity (Wildman–Crippen MR) is 114 cm³/mol. The highest BCUT2D eigenvalue weighted by Gasteiger charge is 2.32. The Morgan fingerprint density at radius 1 is 1.00 bits per heavy atom. The lowest BCUT2D eigenvalue weighted by atomic mass is 10.1. The van der Waals surface area contributed by atoms with Crippen molar-refractivity contribution < 1.29 is 9.59 Å². The topological polar surface area (TPSA) is 62.3 Å². The van der Waals surface area contributed by atoms with Crippen molar-refractivity contribution >= 4 is 34.1 Å². The van der Waals surface area contributed by atoms with Gasteiger partial charge in [-0.2, -0.15) is 0 Å². The maximum atomic E-state index is 12.9. The zero-order valence-electron chi connectivity index (χ0n) is 16.2. The van der Waals surface area contributed by atoms with Gasteiger partial charge in [-0.3, -0.25) is 9.59 Å². The number of aromatic nitrogens is 1. The Morgan fingerprint density at radius 2 is 1.83 bits per heavy atom. The molecule has 0 radical (unpaired) electrons. The molecule has 5 nitrogen and oxygen atoms in total. The van der Waals surface area contributed by atoms with Crippen molar-refractivity contribution in [2.45, 2.75) is 32.1 Å². The lowest BCUT2D eigenvalue weighted by Gasteiger charge is -2.21. The van der Waals surface area contributed by atoms with E-state index in [2.05, 4.69) is 10.3 Å². The highest BCUT2D eigenvalue weighted by molar-refractivity contribution is 6.05. The van der Waals surface area contributed by atoms with Crippen molar-refractivity contribution in [1.29, 1.82) is 0 Å². The van der Waals surface area contributed by atoms with Crippen LogP contribution in [0.5, 0.6) is 0 Å². The van der Waals surface area contributed by atoms with E-state index in [4.69, 9.17) is 0 Å². The molecule has 146 valence electrons. The fraction of sp³-hybridized carbons (Fsp3) is 0.292. The fourth-order valence-corrected chi connectivity index (χ4v) is 4.47. The van der Waals surface area contributed by atoms with Crippen molar-refractivity contribution in [3.63, 3.8) is 0 Å². The molecule has 1 aromatic heterocycles. The summed E-state index contributed by atoms with van der Waals surface area (Å²) in [7, 11) is 0. The van der Waals surface area contributed by atoms with Crippen LogP contribution in [0.15, 0.2) is 54.6 Å². The van der Waals surface area contributed by atoms with Gasteiger partial charge in [-0.1, -0.05) is 43.2 Å². The molecule has 0 atom stereocenters. The number of pyridine rings is 1. The maximum Gasteiger partial charge on any atom is 0.274 e. The SMILES string of the molecule is O=C(Nc1ccc2c(c1)N(C(=O)C1CCCC1)CC2)c1ccc2ccccc2n1. The van der Waals surface area contributed by atoms with Gasteiger partial charge in [0.05, 0.1) is 5.52 Å². The van der Waals surface area contributed by atoms with Crippen LogP contribution in [0, 0.1) is 5.92 Å². The Hall–Kier alpha value is -3.21. The third-order valence-corrected chi connectivity index (χ3v) is 6.04. The lowest BCUT2D eigenvalue weighted by molar-refractivity contribution is -0.122. The third-order valence-electron chi connectivity index (χ3n) is 6.04. The van der Waals surface area contributed by atoms with Crippen LogP contribution in [0.3, 0.4) is 0 Å². The zero-order valence-corrected chi connectivity index (χ0v) is 16.2. The smallest absolute Gasteiger partial charge is 0.274 e. The van der Waals surface area contributed by atoms with Crippen molar-refractivity contribution in [3.8, 4) is 0 Å². The third kappa shape index (κ3) is 3.37. The van der Waals surface area contributed by atoms with Gasteiger partial charge in [0.1, 0.15) is 5.69 Å². The van der Waals surface area contributed by atoms with Crippen LogP contribution >= 0.6 is 0 Å². The van der Waals surface area contributed by atoms with Gasteiger partial charge >= 0.3 is 0 Å². The Labute approximate surface area is 169 Å². The molecule has 0 saturated heterocycles. The van der Waals surface area contributed by atoms with Gasteiger partial charge < -0.3 is 10.2 Å². The van der Waals surface area contributed by atoms with E-state index in [1.54, 1.807) is 6.07 Å². The molecule has 5 heteroatoms. The minimum atomic E-state index is -0.248. The summed E-state index contributed by atoms with van der Waals surface area (Å²) in [5.41, 5.74) is 3.96. The molecule has 2 amide bonds. The van der Waals surface area contributed by atoms with Gasteiger partial charge in [-0.15, -0.1) is 0 Å². The normalized spacial score (nSPS) is 16.2. The number of fused-ring (bicyclic) bond motifs is 2. The first-order valence-corrected chi connectivity index (χ1v) is 10.3. The number of anilines is 2. The maximum absolute atomic E-state index is 12.9. The van der Waals surface area contributed by atoms with Crippen LogP contribution in [-0.2, 0) is 11.2 Å². The monoisotopic (exact) mass is 385 g/mol. The number of rotatable bonds is 3. The number of para-hydroxylation sites is 1. The molecule has 0 bridgehead atoms. The van der Waals surface area contributed by atoms with Crippen molar-refractivity contribution in [2.24, 2.45) is 5.92 Å². The van der Waals surface area contributed by atoms with Crippen LogP contribution < -0.4 is 10.2 Å². The molecular formula is C24H23N3O2. The van der Waals surface area contributed by atoms with Crippen LogP contribution in [0.1, 0.15) is 41.7 Å². The van der Waals surface area contributed by atoms with Crippen LogP contribution in [0.2, 0.25) is 0 Å². The number of carbonyl (C=O) groups excluding carboxylic acids is 2. The largest absolute Gasteiger partial charge is 0.321 e. The number of nitrogens with one attached hydrogen (secondary N) is 1. The Bertz CT molecular complexity index is 1100.